The van der Waals surface area contributed by atoms with Gasteiger partial charge in [0.2, 0.25) is 0 Å². The predicted octanol–water partition coefficient (Wildman–Crippen LogP) is 2.18. The smallest absolute Gasteiger partial charge is 0.261 e. The first-order valence-corrected chi connectivity index (χ1v) is 6.66. The topological polar surface area (TPSA) is 63.9 Å². The van der Waals surface area contributed by atoms with Crippen LogP contribution in [0.2, 0.25) is 0 Å². The first kappa shape index (κ1) is 15.1. The molecule has 21 heavy (non-hydrogen) atoms. The summed E-state index contributed by atoms with van der Waals surface area (Å²) in [5.41, 5.74) is 1.72. The van der Waals surface area contributed by atoms with Gasteiger partial charge in [-0.1, -0.05) is 0 Å². The molecule has 7 heteroatoms. The Bertz CT molecular complexity index is 626. The van der Waals surface area contributed by atoms with Crippen molar-refractivity contribution in [2.45, 2.75) is 33.0 Å². The minimum atomic E-state index is -1.05. The highest BCUT2D eigenvalue weighted by Crippen LogP contribution is 2.20. The summed E-state index contributed by atoms with van der Waals surface area (Å²) in [5.74, 6) is -0.217. The quantitative estimate of drug-likeness (QED) is 0.866. The minimum absolute atomic E-state index is 0.217. The highest BCUT2D eigenvalue weighted by molar-refractivity contribution is 6.06. The number of carbonyl (C=O) groups excluding carboxylic acids is 1. The van der Waals surface area contributed by atoms with Crippen molar-refractivity contribution in [3.63, 3.8) is 0 Å². The van der Waals surface area contributed by atoms with Gasteiger partial charge in [0.25, 0.3) is 5.91 Å². The first-order valence-electron chi connectivity index (χ1n) is 6.66. The van der Waals surface area contributed by atoms with E-state index < -0.39 is 12.2 Å². The zero-order chi connectivity index (χ0) is 15.6. The third kappa shape index (κ3) is 2.91. The van der Waals surface area contributed by atoms with Gasteiger partial charge in [0.15, 0.2) is 0 Å². The Balaban J connectivity index is 2.29. The predicted molar refractivity (Wildman–Crippen MR) is 77.0 cm³/mol. The SMILES string of the molecule is Cc1c(C(=O)N(C)c2ccnnc2)cnn1C(C)C(C)F. The molecule has 0 radical (unpaired) electrons. The number of amides is 1. The minimum Gasteiger partial charge on any atom is -0.310 e. The Morgan fingerprint density at radius 2 is 2.05 bits per heavy atom. The normalized spacial score (nSPS) is 13.8. The lowest BCUT2D eigenvalue weighted by Crippen LogP contribution is -2.27. The highest BCUT2D eigenvalue weighted by Gasteiger charge is 2.23. The van der Waals surface area contributed by atoms with Crippen molar-refractivity contribution in [3.05, 3.63) is 35.9 Å². The van der Waals surface area contributed by atoms with E-state index in [1.807, 2.05) is 0 Å². The molecule has 0 saturated heterocycles. The molecule has 0 saturated carbocycles. The maximum Gasteiger partial charge on any atom is 0.261 e. The van der Waals surface area contributed by atoms with Crippen molar-refractivity contribution in [2.75, 3.05) is 11.9 Å². The van der Waals surface area contributed by atoms with Gasteiger partial charge in [0.1, 0.15) is 6.17 Å². The number of rotatable bonds is 4. The number of aromatic nitrogens is 4. The molecule has 2 heterocycles. The van der Waals surface area contributed by atoms with Crippen molar-refractivity contribution in [1.82, 2.24) is 20.0 Å². The number of hydrogen-bond donors (Lipinski definition) is 0. The van der Waals surface area contributed by atoms with E-state index in [0.29, 0.717) is 16.9 Å². The van der Waals surface area contributed by atoms with Gasteiger partial charge in [-0.15, -0.1) is 0 Å². The van der Waals surface area contributed by atoms with Crippen molar-refractivity contribution in [2.24, 2.45) is 0 Å². The average Bonchev–Trinajstić information content (AvgIpc) is 2.87. The molecule has 0 N–H and O–H groups in total. The largest absolute Gasteiger partial charge is 0.310 e. The summed E-state index contributed by atoms with van der Waals surface area (Å²) in [5, 5.41) is 11.6. The van der Waals surface area contributed by atoms with Gasteiger partial charge in [-0.05, 0) is 26.8 Å². The van der Waals surface area contributed by atoms with E-state index in [-0.39, 0.29) is 5.91 Å². The lowest BCUT2D eigenvalue weighted by atomic mass is 10.2. The Labute approximate surface area is 122 Å². The highest BCUT2D eigenvalue weighted by atomic mass is 19.1. The molecule has 112 valence electrons. The maximum atomic E-state index is 13.4. The van der Waals surface area contributed by atoms with Crippen LogP contribution in [0, 0.1) is 6.92 Å². The second kappa shape index (κ2) is 5.99. The van der Waals surface area contributed by atoms with E-state index in [0.717, 1.165) is 0 Å². The van der Waals surface area contributed by atoms with Gasteiger partial charge in [-0.3, -0.25) is 9.48 Å². The number of carbonyl (C=O) groups is 1. The molecule has 0 aliphatic heterocycles. The van der Waals surface area contributed by atoms with Crippen LogP contribution < -0.4 is 4.90 Å². The zero-order valence-electron chi connectivity index (χ0n) is 12.5. The Morgan fingerprint density at radius 1 is 1.33 bits per heavy atom. The van der Waals surface area contributed by atoms with Crippen molar-refractivity contribution < 1.29 is 9.18 Å². The van der Waals surface area contributed by atoms with E-state index in [1.165, 1.54) is 35.1 Å². The molecule has 0 spiro atoms. The lowest BCUT2D eigenvalue weighted by molar-refractivity contribution is 0.0992. The fourth-order valence-corrected chi connectivity index (χ4v) is 2.02. The van der Waals surface area contributed by atoms with Gasteiger partial charge in [-0.25, -0.2) is 4.39 Å². The van der Waals surface area contributed by atoms with Crippen LogP contribution in [0.3, 0.4) is 0 Å². The number of nitrogens with zero attached hydrogens (tertiary/aromatic N) is 5. The molecule has 2 rings (SSSR count). The summed E-state index contributed by atoms with van der Waals surface area (Å²) in [4.78, 5) is 14.0. The molecule has 0 fully saturated rings. The monoisotopic (exact) mass is 291 g/mol. The van der Waals surface area contributed by atoms with Crippen LogP contribution in [0.5, 0.6) is 0 Å². The van der Waals surface area contributed by atoms with Gasteiger partial charge in [0.05, 0.1) is 35.9 Å². The zero-order valence-corrected chi connectivity index (χ0v) is 12.5. The van der Waals surface area contributed by atoms with Crippen LogP contribution >= 0.6 is 0 Å². The van der Waals surface area contributed by atoms with Crippen molar-refractivity contribution in [3.8, 4) is 0 Å². The van der Waals surface area contributed by atoms with Gasteiger partial charge < -0.3 is 4.90 Å². The summed E-state index contributed by atoms with van der Waals surface area (Å²) in [6.45, 7) is 4.97. The number of halogens is 1. The van der Waals surface area contributed by atoms with Gasteiger partial charge in [0, 0.05) is 12.7 Å². The van der Waals surface area contributed by atoms with Gasteiger partial charge in [-0.2, -0.15) is 15.3 Å². The molecule has 0 bridgehead atoms. The Morgan fingerprint density at radius 3 is 2.62 bits per heavy atom. The standard InChI is InChI=1S/C14H18FN5O/c1-9(15)10(2)20-11(3)13(8-18-20)14(21)19(4)12-5-6-16-17-7-12/h5-10H,1-4H3. The number of anilines is 1. The third-order valence-electron chi connectivity index (χ3n) is 3.59. The summed E-state index contributed by atoms with van der Waals surface area (Å²) in [7, 11) is 1.65. The Hall–Kier alpha value is -2.31. The third-order valence-corrected chi connectivity index (χ3v) is 3.59. The van der Waals surface area contributed by atoms with Crippen molar-refractivity contribution in [1.29, 1.82) is 0 Å². The lowest BCUT2D eigenvalue weighted by Gasteiger charge is -2.18. The van der Waals surface area contributed by atoms with Crippen LogP contribution in [0.25, 0.3) is 0 Å². The molecular formula is C14H18FN5O. The van der Waals surface area contributed by atoms with Gasteiger partial charge >= 0.3 is 0 Å². The molecular weight excluding hydrogens is 273 g/mol. The van der Waals surface area contributed by atoms with Crippen LogP contribution in [0.15, 0.2) is 24.7 Å². The Kier molecular flexibility index (Phi) is 4.30. The van der Waals surface area contributed by atoms with Crippen LogP contribution in [0.4, 0.5) is 10.1 Å². The molecule has 2 atom stereocenters. The molecule has 0 aliphatic rings. The second-order valence-electron chi connectivity index (χ2n) is 4.97. The molecule has 6 nitrogen and oxygen atoms in total. The van der Waals surface area contributed by atoms with E-state index >= 15 is 0 Å². The number of hydrogen-bond acceptors (Lipinski definition) is 4. The molecule has 0 aromatic carbocycles. The average molecular weight is 291 g/mol. The molecule has 0 aliphatic carbocycles. The summed E-state index contributed by atoms with van der Waals surface area (Å²) < 4.78 is 15.0. The first-order chi connectivity index (χ1) is 9.93. The van der Waals surface area contributed by atoms with E-state index in [2.05, 4.69) is 15.3 Å². The van der Waals surface area contributed by atoms with Crippen LogP contribution in [-0.4, -0.2) is 39.1 Å². The molecule has 2 aromatic heterocycles. The van der Waals surface area contributed by atoms with E-state index in [1.54, 1.807) is 27.0 Å². The fourth-order valence-electron chi connectivity index (χ4n) is 2.02. The van der Waals surface area contributed by atoms with E-state index in [4.69, 9.17) is 0 Å². The van der Waals surface area contributed by atoms with E-state index in [9.17, 15) is 9.18 Å². The molecule has 2 aromatic rings. The maximum absolute atomic E-state index is 13.4. The molecule has 2 unspecified atom stereocenters. The number of alkyl halides is 1. The summed E-state index contributed by atoms with van der Waals surface area (Å²) in [6.07, 6.45) is 3.45. The summed E-state index contributed by atoms with van der Waals surface area (Å²) in [6, 6.07) is 1.27. The molecule has 1 amide bonds. The summed E-state index contributed by atoms with van der Waals surface area (Å²) >= 11 is 0. The van der Waals surface area contributed by atoms with Crippen LogP contribution in [0.1, 0.15) is 35.9 Å². The second-order valence-corrected chi connectivity index (χ2v) is 4.97. The van der Waals surface area contributed by atoms with Crippen molar-refractivity contribution >= 4 is 11.6 Å². The fraction of sp³-hybridized carbons (Fsp3) is 0.429. The van der Waals surface area contributed by atoms with Crippen LogP contribution in [-0.2, 0) is 0 Å².